The number of benzene rings is 1. The highest BCUT2D eigenvalue weighted by atomic mass is 19.1. The molecule has 1 aliphatic carbocycles. The van der Waals surface area contributed by atoms with Gasteiger partial charge in [0, 0.05) is 12.2 Å². The minimum Gasteiger partial charge on any atom is -0.399 e. The van der Waals surface area contributed by atoms with Gasteiger partial charge in [-0.2, -0.15) is 0 Å². The lowest BCUT2D eigenvalue weighted by atomic mass is 9.94. The van der Waals surface area contributed by atoms with E-state index in [0.29, 0.717) is 12.8 Å². The normalized spacial score (nSPS) is 18.3. The summed E-state index contributed by atoms with van der Waals surface area (Å²) in [5.74, 6) is -1.16. The van der Waals surface area contributed by atoms with Crippen molar-refractivity contribution >= 4 is 11.6 Å². The molecule has 0 unspecified atom stereocenters. The average molecular weight is 280 g/mol. The third-order valence-electron chi connectivity index (χ3n) is 3.85. The van der Waals surface area contributed by atoms with E-state index in [2.05, 4.69) is 5.32 Å². The molecule has 0 bridgehead atoms. The molecule has 0 aliphatic heterocycles. The molecule has 1 amide bonds. The summed E-state index contributed by atoms with van der Waals surface area (Å²) in [7, 11) is 0. The van der Waals surface area contributed by atoms with Crippen molar-refractivity contribution in [1.82, 2.24) is 5.32 Å². The van der Waals surface area contributed by atoms with E-state index in [-0.39, 0.29) is 17.8 Å². The number of amides is 1. The van der Waals surface area contributed by atoms with E-state index in [1.807, 2.05) is 0 Å². The van der Waals surface area contributed by atoms with Gasteiger partial charge < -0.3 is 16.2 Å². The molecule has 0 atom stereocenters. The van der Waals surface area contributed by atoms with Crippen LogP contribution in [0, 0.1) is 5.82 Å². The molecule has 1 aromatic rings. The molecule has 4 N–H and O–H groups in total. The second-order valence-electron chi connectivity index (χ2n) is 5.56. The summed E-state index contributed by atoms with van der Waals surface area (Å²) in [6, 6.07) is 3.96. The van der Waals surface area contributed by atoms with Gasteiger partial charge in [-0.3, -0.25) is 4.79 Å². The van der Waals surface area contributed by atoms with Gasteiger partial charge in [-0.05, 0) is 31.0 Å². The average Bonchev–Trinajstić information content (AvgIpc) is 2.61. The summed E-state index contributed by atoms with van der Waals surface area (Å²) >= 11 is 0. The first kappa shape index (κ1) is 14.8. The molecule has 2 rings (SSSR count). The van der Waals surface area contributed by atoms with Crippen LogP contribution in [-0.2, 0) is 0 Å². The monoisotopic (exact) mass is 280 g/mol. The van der Waals surface area contributed by atoms with Gasteiger partial charge in [0.05, 0.1) is 11.2 Å². The number of aliphatic hydroxyl groups is 1. The molecule has 4 nitrogen and oxygen atoms in total. The number of nitrogen functional groups attached to an aromatic ring is 1. The zero-order valence-corrected chi connectivity index (χ0v) is 11.5. The van der Waals surface area contributed by atoms with Gasteiger partial charge in [0.2, 0.25) is 0 Å². The lowest BCUT2D eigenvalue weighted by molar-refractivity contribution is 0.0246. The quantitative estimate of drug-likeness (QED) is 0.587. The Hall–Kier alpha value is -1.62. The van der Waals surface area contributed by atoms with Crippen molar-refractivity contribution in [2.45, 2.75) is 44.1 Å². The highest BCUT2D eigenvalue weighted by Gasteiger charge is 2.28. The van der Waals surface area contributed by atoms with Crippen LogP contribution in [0.4, 0.5) is 10.1 Å². The minimum atomic E-state index is -0.865. The molecule has 1 aromatic carbocycles. The number of carbonyl (C=O) groups is 1. The number of hydrogen-bond donors (Lipinski definition) is 3. The highest BCUT2D eigenvalue weighted by molar-refractivity contribution is 5.94. The number of hydrogen-bond acceptors (Lipinski definition) is 3. The smallest absolute Gasteiger partial charge is 0.254 e. The van der Waals surface area contributed by atoms with Gasteiger partial charge in [0.15, 0.2) is 0 Å². The molecule has 0 heterocycles. The molecule has 1 saturated carbocycles. The van der Waals surface area contributed by atoms with Crippen LogP contribution in [0.25, 0.3) is 0 Å². The lowest BCUT2D eigenvalue weighted by Crippen LogP contribution is -2.42. The molecular formula is C15H21FN2O2. The second-order valence-corrected chi connectivity index (χ2v) is 5.56. The van der Waals surface area contributed by atoms with Gasteiger partial charge >= 0.3 is 0 Å². The Kier molecular flexibility index (Phi) is 4.60. The Morgan fingerprint density at radius 1 is 1.30 bits per heavy atom. The summed E-state index contributed by atoms with van der Waals surface area (Å²) in [4.78, 5) is 11.9. The van der Waals surface area contributed by atoms with Crippen molar-refractivity contribution in [3.63, 3.8) is 0 Å². The van der Waals surface area contributed by atoms with E-state index in [4.69, 9.17) is 5.73 Å². The number of nitrogens with one attached hydrogen (secondary N) is 1. The Balaban J connectivity index is 1.97. The van der Waals surface area contributed by atoms with Crippen LogP contribution >= 0.6 is 0 Å². The van der Waals surface area contributed by atoms with Crippen LogP contribution in [0.15, 0.2) is 18.2 Å². The zero-order valence-electron chi connectivity index (χ0n) is 11.5. The van der Waals surface area contributed by atoms with Crippen molar-refractivity contribution in [2.75, 3.05) is 12.3 Å². The predicted octanol–water partition coefficient (Wildman–Crippen LogP) is 2.22. The molecular weight excluding hydrogens is 259 g/mol. The standard InChI is InChI=1S/C15H21FN2O2/c16-13-9-11(17)5-6-12(13)14(19)18-10-15(20)7-3-1-2-4-8-15/h5-6,9,20H,1-4,7-8,10,17H2,(H,18,19). The maximum Gasteiger partial charge on any atom is 0.254 e. The third kappa shape index (κ3) is 3.70. The maximum atomic E-state index is 13.6. The van der Waals surface area contributed by atoms with E-state index >= 15 is 0 Å². The SMILES string of the molecule is Nc1ccc(C(=O)NCC2(O)CCCCCC2)c(F)c1. The Morgan fingerprint density at radius 2 is 1.95 bits per heavy atom. The van der Waals surface area contributed by atoms with Crippen LogP contribution in [0.3, 0.4) is 0 Å². The fourth-order valence-electron chi connectivity index (χ4n) is 2.62. The summed E-state index contributed by atoms with van der Waals surface area (Å²) in [6.45, 7) is 0.162. The Labute approximate surface area is 118 Å². The van der Waals surface area contributed by atoms with E-state index in [9.17, 15) is 14.3 Å². The van der Waals surface area contributed by atoms with Gasteiger partial charge in [-0.25, -0.2) is 4.39 Å². The molecule has 0 spiro atoms. The predicted molar refractivity (Wildman–Crippen MR) is 75.8 cm³/mol. The largest absolute Gasteiger partial charge is 0.399 e. The van der Waals surface area contributed by atoms with E-state index < -0.39 is 17.3 Å². The van der Waals surface area contributed by atoms with Crippen LogP contribution in [0.2, 0.25) is 0 Å². The van der Waals surface area contributed by atoms with E-state index in [0.717, 1.165) is 31.7 Å². The summed E-state index contributed by atoms with van der Waals surface area (Å²) < 4.78 is 13.6. The fourth-order valence-corrected chi connectivity index (χ4v) is 2.62. The first-order valence-electron chi connectivity index (χ1n) is 7.06. The first-order valence-corrected chi connectivity index (χ1v) is 7.06. The molecule has 1 fully saturated rings. The number of anilines is 1. The Morgan fingerprint density at radius 3 is 2.55 bits per heavy atom. The maximum absolute atomic E-state index is 13.6. The summed E-state index contributed by atoms with van der Waals surface area (Å²) in [5, 5.41) is 13.1. The molecule has 1 aliphatic rings. The molecule has 0 aromatic heterocycles. The van der Waals surface area contributed by atoms with Crippen molar-refractivity contribution in [2.24, 2.45) is 0 Å². The minimum absolute atomic E-state index is 0.0450. The van der Waals surface area contributed by atoms with Gasteiger partial charge in [0.1, 0.15) is 5.82 Å². The number of carbonyl (C=O) groups excluding carboxylic acids is 1. The highest BCUT2D eigenvalue weighted by Crippen LogP contribution is 2.26. The van der Waals surface area contributed by atoms with Crippen molar-refractivity contribution in [1.29, 1.82) is 0 Å². The first-order chi connectivity index (χ1) is 9.50. The zero-order chi connectivity index (χ0) is 14.6. The van der Waals surface area contributed by atoms with Gasteiger partial charge in [-0.15, -0.1) is 0 Å². The Bertz CT molecular complexity index is 483. The van der Waals surface area contributed by atoms with Gasteiger partial charge in [-0.1, -0.05) is 25.7 Å². The second kappa shape index (κ2) is 6.22. The van der Waals surface area contributed by atoms with Crippen LogP contribution in [0.1, 0.15) is 48.9 Å². The van der Waals surface area contributed by atoms with Crippen molar-refractivity contribution < 1.29 is 14.3 Å². The number of rotatable bonds is 3. The third-order valence-corrected chi connectivity index (χ3v) is 3.85. The number of nitrogens with two attached hydrogens (primary N) is 1. The van der Waals surface area contributed by atoms with Crippen molar-refractivity contribution in [3.8, 4) is 0 Å². The lowest BCUT2D eigenvalue weighted by Gasteiger charge is -2.26. The molecule has 0 radical (unpaired) electrons. The van der Waals surface area contributed by atoms with Crippen LogP contribution in [-0.4, -0.2) is 23.2 Å². The fraction of sp³-hybridized carbons (Fsp3) is 0.533. The van der Waals surface area contributed by atoms with Gasteiger partial charge in [0.25, 0.3) is 5.91 Å². The summed E-state index contributed by atoms with van der Waals surface area (Å²) in [6.07, 6.45) is 5.51. The molecule has 110 valence electrons. The molecule has 0 saturated heterocycles. The number of halogens is 1. The van der Waals surface area contributed by atoms with Crippen molar-refractivity contribution in [3.05, 3.63) is 29.6 Å². The van der Waals surface area contributed by atoms with Crippen LogP contribution in [0.5, 0.6) is 0 Å². The van der Waals surface area contributed by atoms with Crippen LogP contribution < -0.4 is 11.1 Å². The molecule has 20 heavy (non-hydrogen) atoms. The van der Waals surface area contributed by atoms with E-state index in [1.165, 1.54) is 12.1 Å². The molecule has 5 heteroatoms. The van der Waals surface area contributed by atoms with E-state index in [1.54, 1.807) is 0 Å². The topological polar surface area (TPSA) is 75.4 Å². The summed E-state index contributed by atoms with van der Waals surface area (Å²) in [5.41, 5.74) is 4.81.